The molecule has 1 saturated carbocycles. The molecule has 1 N–H and O–H groups in total. The van der Waals surface area contributed by atoms with Crippen LogP contribution in [0.4, 0.5) is 8.78 Å². The van der Waals surface area contributed by atoms with Gasteiger partial charge in [-0.3, -0.25) is 4.79 Å². The summed E-state index contributed by atoms with van der Waals surface area (Å²) in [5.74, 6) is -5.32. The molecule has 0 amide bonds. The molecule has 2 atom stereocenters. The van der Waals surface area contributed by atoms with Gasteiger partial charge in [0.05, 0.1) is 11.7 Å². The summed E-state index contributed by atoms with van der Waals surface area (Å²) in [6.45, 7) is 2.02. The Labute approximate surface area is 117 Å². The normalized spacial score (nSPS) is 31.8. The summed E-state index contributed by atoms with van der Waals surface area (Å²) in [4.78, 5) is 11.0. The van der Waals surface area contributed by atoms with Gasteiger partial charge in [-0.05, 0) is 18.3 Å². The molecular formula is C12H19F2NO4S. The molecule has 5 nitrogen and oxygen atoms in total. The van der Waals surface area contributed by atoms with E-state index >= 15 is 0 Å². The number of carboxylic acid groups (broad SMARTS) is 1. The van der Waals surface area contributed by atoms with E-state index in [0.717, 1.165) is 4.31 Å². The van der Waals surface area contributed by atoms with Crippen molar-refractivity contribution in [1.82, 2.24) is 4.31 Å². The molecule has 0 aromatic rings. The van der Waals surface area contributed by atoms with Crippen molar-refractivity contribution >= 4 is 16.0 Å². The van der Waals surface area contributed by atoms with Gasteiger partial charge in [-0.15, -0.1) is 0 Å². The number of carboxylic acids is 1. The molecule has 1 saturated heterocycles. The number of nitrogens with zero attached hydrogens (tertiary/aromatic N) is 1. The van der Waals surface area contributed by atoms with Crippen molar-refractivity contribution in [3.8, 4) is 0 Å². The number of alkyl halides is 2. The van der Waals surface area contributed by atoms with E-state index in [0.29, 0.717) is 6.42 Å². The first-order valence-electron chi connectivity index (χ1n) is 6.67. The fraction of sp³-hybridized carbons (Fsp3) is 0.917. The Bertz CT molecular complexity index is 486. The highest BCUT2D eigenvalue weighted by Gasteiger charge is 2.48. The lowest BCUT2D eigenvalue weighted by atomic mass is 9.83. The van der Waals surface area contributed by atoms with Gasteiger partial charge in [-0.25, -0.2) is 21.5 Å². The number of rotatable bonds is 4. The molecule has 2 rings (SSSR count). The molecule has 1 heterocycles. The molecule has 116 valence electrons. The highest BCUT2D eigenvalue weighted by atomic mass is 32.2. The van der Waals surface area contributed by atoms with Crippen molar-refractivity contribution in [2.45, 2.75) is 32.1 Å². The second kappa shape index (κ2) is 5.22. The van der Waals surface area contributed by atoms with E-state index in [2.05, 4.69) is 0 Å². The van der Waals surface area contributed by atoms with Crippen molar-refractivity contribution in [3.63, 3.8) is 0 Å². The van der Waals surface area contributed by atoms with Gasteiger partial charge in [0.15, 0.2) is 0 Å². The van der Waals surface area contributed by atoms with Crippen LogP contribution in [0.2, 0.25) is 0 Å². The Morgan fingerprint density at radius 2 is 1.95 bits per heavy atom. The van der Waals surface area contributed by atoms with Crippen LogP contribution in [0.15, 0.2) is 0 Å². The first-order chi connectivity index (χ1) is 9.09. The van der Waals surface area contributed by atoms with Crippen LogP contribution in [0.1, 0.15) is 26.2 Å². The zero-order valence-electron chi connectivity index (χ0n) is 11.3. The minimum atomic E-state index is -3.66. The highest BCUT2D eigenvalue weighted by molar-refractivity contribution is 7.89. The molecule has 0 aromatic carbocycles. The maximum atomic E-state index is 12.7. The molecule has 1 aliphatic carbocycles. The minimum Gasteiger partial charge on any atom is -0.481 e. The third-order valence-corrected chi connectivity index (χ3v) is 5.97. The third kappa shape index (κ3) is 3.46. The molecule has 1 aliphatic heterocycles. The topological polar surface area (TPSA) is 74.7 Å². The summed E-state index contributed by atoms with van der Waals surface area (Å²) in [6.07, 6.45) is -0.335. The lowest BCUT2D eigenvalue weighted by molar-refractivity contribution is -0.143. The lowest BCUT2D eigenvalue weighted by Gasteiger charge is -2.38. The predicted molar refractivity (Wildman–Crippen MR) is 67.9 cm³/mol. The number of aliphatic carboxylic acids is 1. The zero-order valence-corrected chi connectivity index (χ0v) is 12.1. The molecule has 2 aliphatic rings. The predicted octanol–water partition coefficient (Wildman–Crippen LogP) is 1.40. The summed E-state index contributed by atoms with van der Waals surface area (Å²) in [7, 11) is -3.66. The van der Waals surface area contributed by atoms with Gasteiger partial charge in [0.25, 0.3) is 0 Å². The third-order valence-electron chi connectivity index (χ3n) is 3.99. The Hall–Kier alpha value is -0.760. The van der Waals surface area contributed by atoms with Crippen LogP contribution in [0.5, 0.6) is 0 Å². The number of hydrogen-bond donors (Lipinski definition) is 1. The Morgan fingerprint density at radius 3 is 2.45 bits per heavy atom. The van der Waals surface area contributed by atoms with Gasteiger partial charge in [0.1, 0.15) is 0 Å². The maximum absolute atomic E-state index is 12.7. The highest BCUT2D eigenvalue weighted by Crippen LogP contribution is 2.43. The van der Waals surface area contributed by atoms with Crippen LogP contribution in [-0.4, -0.2) is 48.6 Å². The van der Waals surface area contributed by atoms with Crippen LogP contribution in [0.3, 0.4) is 0 Å². The fourth-order valence-electron chi connectivity index (χ4n) is 3.01. The first kappa shape index (κ1) is 15.6. The average Bonchev–Trinajstić information content (AvgIpc) is 2.25. The summed E-state index contributed by atoms with van der Waals surface area (Å²) in [6, 6.07) is 0. The minimum absolute atomic E-state index is 0.0394. The summed E-state index contributed by atoms with van der Waals surface area (Å²) >= 11 is 0. The molecule has 0 aromatic heterocycles. The fourth-order valence-corrected chi connectivity index (χ4v) is 4.95. The second-order valence-corrected chi connectivity index (χ2v) is 8.12. The molecule has 0 bridgehead atoms. The zero-order chi connectivity index (χ0) is 15.1. The summed E-state index contributed by atoms with van der Waals surface area (Å²) < 4.78 is 51.1. The smallest absolute Gasteiger partial charge is 0.307 e. The molecule has 2 fully saturated rings. The van der Waals surface area contributed by atoms with Crippen LogP contribution in [-0.2, 0) is 14.8 Å². The van der Waals surface area contributed by atoms with Crippen molar-refractivity contribution in [1.29, 1.82) is 0 Å². The largest absolute Gasteiger partial charge is 0.481 e. The maximum Gasteiger partial charge on any atom is 0.307 e. The molecule has 20 heavy (non-hydrogen) atoms. The first-order valence-corrected chi connectivity index (χ1v) is 8.28. The summed E-state index contributed by atoms with van der Waals surface area (Å²) in [5.41, 5.74) is 0. The van der Waals surface area contributed by atoms with Crippen molar-refractivity contribution < 1.29 is 27.1 Å². The van der Waals surface area contributed by atoms with Crippen molar-refractivity contribution in [3.05, 3.63) is 0 Å². The monoisotopic (exact) mass is 311 g/mol. The number of carbonyl (C=O) groups is 1. The lowest BCUT2D eigenvalue weighted by Crippen LogP contribution is -2.49. The van der Waals surface area contributed by atoms with Gasteiger partial charge in [0.2, 0.25) is 15.9 Å². The Morgan fingerprint density at radius 1 is 1.35 bits per heavy atom. The van der Waals surface area contributed by atoms with E-state index in [-0.39, 0.29) is 24.8 Å². The Balaban J connectivity index is 2.00. The average molecular weight is 311 g/mol. The molecule has 8 heteroatoms. The van der Waals surface area contributed by atoms with Crippen molar-refractivity contribution in [2.75, 3.05) is 18.8 Å². The van der Waals surface area contributed by atoms with E-state index in [1.807, 2.05) is 0 Å². The summed E-state index contributed by atoms with van der Waals surface area (Å²) in [5, 5.41) is 9.03. The number of piperidine rings is 1. The van der Waals surface area contributed by atoms with Crippen LogP contribution >= 0.6 is 0 Å². The van der Waals surface area contributed by atoms with Crippen LogP contribution in [0, 0.1) is 17.8 Å². The molecule has 0 radical (unpaired) electrons. The van der Waals surface area contributed by atoms with Crippen LogP contribution < -0.4 is 0 Å². The molecular weight excluding hydrogens is 292 g/mol. The van der Waals surface area contributed by atoms with Crippen LogP contribution in [0.25, 0.3) is 0 Å². The van der Waals surface area contributed by atoms with Crippen molar-refractivity contribution in [2.24, 2.45) is 17.8 Å². The van der Waals surface area contributed by atoms with Gasteiger partial charge in [-0.2, -0.15) is 0 Å². The van der Waals surface area contributed by atoms with E-state index < -0.39 is 46.6 Å². The van der Waals surface area contributed by atoms with Gasteiger partial charge in [0, 0.05) is 25.9 Å². The molecule has 0 spiro atoms. The standard InChI is InChI=1S/C12H19F2NO4S/c1-8-2-10(11(16)17)6-15(5-8)20(18,19)7-9-3-12(13,14)4-9/h8-10H,2-7H2,1H3,(H,16,17). The Kier molecular flexibility index (Phi) is 4.07. The van der Waals surface area contributed by atoms with E-state index in [1.54, 1.807) is 6.92 Å². The van der Waals surface area contributed by atoms with Gasteiger partial charge in [-0.1, -0.05) is 6.92 Å². The quantitative estimate of drug-likeness (QED) is 0.851. The van der Waals surface area contributed by atoms with Gasteiger partial charge < -0.3 is 5.11 Å². The van der Waals surface area contributed by atoms with E-state index in [1.165, 1.54) is 0 Å². The van der Waals surface area contributed by atoms with E-state index in [4.69, 9.17) is 5.11 Å². The van der Waals surface area contributed by atoms with Gasteiger partial charge >= 0.3 is 5.97 Å². The van der Waals surface area contributed by atoms with E-state index in [9.17, 15) is 22.0 Å². The number of hydrogen-bond acceptors (Lipinski definition) is 3. The second-order valence-electron chi connectivity index (χ2n) is 6.10. The molecule has 2 unspecified atom stereocenters. The SMILES string of the molecule is CC1CC(C(=O)O)CN(S(=O)(=O)CC2CC(F)(F)C2)C1. The number of sulfonamides is 1. The number of halogens is 2.